The summed E-state index contributed by atoms with van der Waals surface area (Å²) in [6.07, 6.45) is 1.56. The van der Waals surface area contributed by atoms with E-state index in [9.17, 15) is 9.59 Å². The van der Waals surface area contributed by atoms with Crippen molar-refractivity contribution in [1.29, 1.82) is 0 Å². The van der Waals surface area contributed by atoms with Crippen LogP contribution in [0.25, 0.3) is 10.9 Å². The number of carbonyl (C=O) groups is 1. The van der Waals surface area contributed by atoms with Gasteiger partial charge in [-0.25, -0.2) is 4.79 Å². The summed E-state index contributed by atoms with van der Waals surface area (Å²) in [7, 11) is 0. The molecule has 2 amide bonds. The monoisotopic (exact) mass is 387 g/mol. The molecular weight excluding hydrogens is 366 g/mol. The quantitative estimate of drug-likeness (QED) is 0.523. The third kappa shape index (κ3) is 4.38. The molecule has 29 heavy (non-hydrogen) atoms. The number of para-hydroxylation sites is 1. The molecule has 4 rings (SSSR count). The zero-order valence-electron chi connectivity index (χ0n) is 16.0. The molecule has 0 saturated heterocycles. The van der Waals surface area contributed by atoms with Crippen molar-refractivity contribution in [2.24, 2.45) is 0 Å². The Morgan fingerprint density at radius 3 is 2.62 bits per heavy atom. The number of aryl methyl sites for hydroxylation is 1. The van der Waals surface area contributed by atoms with Crippen molar-refractivity contribution in [3.8, 4) is 0 Å². The number of H-pyrrole nitrogens is 1. The van der Waals surface area contributed by atoms with E-state index in [1.807, 2.05) is 61.5 Å². The second-order valence-electron chi connectivity index (χ2n) is 6.95. The number of urea groups is 1. The summed E-state index contributed by atoms with van der Waals surface area (Å²) in [6, 6.07) is 20.2. The molecule has 146 valence electrons. The maximum Gasteiger partial charge on any atom is 0.322 e. The summed E-state index contributed by atoms with van der Waals surface area (Å²) in [4.78, 5) is 30.0. The SMILES string of the molecule is Cc1ccc2cc(CN(Cc3ccco3)C(=O)Nc3ccccc3)c(=O)[nH]c2c1. The van der Waals surface area contributed by atoms with Crippen molar-refractivity contribution in [2.45, 2.75) is 20.0 Å². The van der Waals surface area contributed by atoms with Gasteiger partial charge in [-0.15, -0.1) is 0 Å². The zero-order valence-corrected chi connectivity index (χ0v) is 16.0. The van der Waals surface area contributed by atoms with E-state index in [-0.39, 0.29) is 24.7 Å². The topological polar surface area (TPSA) is 78.3 Å². The Balaban J connectivity index is 1.63. The van der Waals surface area contributed by atoms with Gasteiger partial charge in [0.15, 0.2) is 0 Å². The Bertz CT molecular complexity index is 1180. The highest BCUT2D eigenvalue weighted by molar-refractivity contribution is 5.89. The number of carbonyl (C=O) groups excluding carboxylic acids is 1. The fourth-order valence-corrected chi connectivity index (χ4v) is 3.20. The predicted molar refractivity (Wildman–Crippen MR) is 113 cm³/mol. The highest BCUT2D eigenvalue weighted by atomic mass is 16.3. The molecule has 0 unspecified atom stereocenters. The Morgan fingerprint density at radius 1 is 1.03 bits per heavy atom. The highest BCUT2D eigenvalue weighted by Crippen LogP contribution is 2.16. The van der Waals surface area contributed by atoms with Gasteiger partial charge in [0.25, 0.3) is 5.56 Å². The van der Waals surface area contributed by atoms with Gasteiger partial charge >= 0.3 is 6.03 Å². The third-order valence-corrected chi connectivity index (χ3v) is 4.68. The van der Waals surface area contributed by atoms with Crippen LogP contribution in [0.4, 0.5) is 10.5 Å². The van der Waals surface area contributed by atoms with E-state index in [1.54, 1.807) is 23.3 Å². The molecular formula is C23H21N3O3. The van der Waals surface area contributed by atoms with Crippen molar-refractivity contribution in [3.05, 3.63) is 100 Å². The van der Waals surface area contributed by atoms with Gasteiger partial charge in [0.1, 0.15) is 5.76 Å². The van der Waals surface area contributed by atoms with Crippen LogP contribution in [0.3, 0.4) is 0 Å². The van der Waals surface area contributed by atoms with Crippen LogP contribution >= 0.6 is 0 Å². The summed E-state index contributed by atoms with van der Waals surface area (Å²) < 4.78 is 5.41. The van der Waals surface area contributed by atoms with Gasteiger partial charge in [0, 0.05) is 16.8 Å². The van der Waals surface area contributed by atoms with Gasteiger partial charge in [0.2, 0.25) is 0 Å². The summed E-state index contributed by atoms with van der Waals surface area (Å²) in [5, 5.41) is 3.79. The van der Waals surface area contributed by atoms with E-state index < -0.39 is 0 Å². The number of rotatable bonds is 5. The number of nitrogens with one attached hydrogen (secondary N) is 2. The molecule has 0 radical (unpaired) electrons. The molecule has 0 aliphatic heterocycles. The van der Waals surface area contributed by atoms with Crippen molar-refractivity contribution in [3.63, 3.8) is 0 Å². The van der Waals surface area contributed by atoms with Gasteiger partial charge in [0.05, 0.1) is 19.4 Å². The number of anilines is 1. The van der Waals surface area contributed by atoms with Crippen LogP contribution in [-0.2, 0) is 13.1 Å². The van der Waals surface area contributed by atoms with Gasteiger partial charge < -0.3 is 19.6 Å². The molecule has 0 aliphatic carbocycles. The van der Waals surface area contributed by atoms with E-state index in [1.165, 1.54) is 0 Å². The molecule has 0 aliphatic rings. The first-order chi connectivity index (χ1) is 14.1. The third-order valence-electron chi connectivity index (χ3n) is 4.68. The fourth-order valence-electron chi connectivity index (χ4n) is 3.20. The van der Waals surface area contributed by atoms with Gasteiger partial charge in [-0.3, -0.25) is 4.79 Å². The van der Waals surface area contributed by atoms with Gasteiger partial charge in [-0.05, 0) is 54.3 Å². The van der Waals surface area contributed by atoms with Crippen LogP contribution in [0.1, 0.15) is 16.9 Å². The van der Waals surface area contributed by atoms with Crippen molar-refractivity contribution in [1.82, 2.24) is 9.88 Å². The first kappa shape index (κ1) is 18.6. The molecule has 6 heteroatoms. The smallest absolute Gasteiger partial charge is 0.322 e. The average molecular weight is 387 g/mol. The molecule has 2 heterocycles. The normalized spacial score (nSPS) is 10.8. The Hall–Kier alpha value is -3.80. The molecule has 0 spiro atoms. The average Bonchev–Trinajstić information content (AvgIpc) is 3.22. The summed E-state index contributed by atoms with van der Waals surface area (Å²) in [6.45, 7) is 2.38. The van der Waals surface area contributed by atoms with E-state index in [2.05, 4.69) is 10.3 Å². The largest absolute Gasteiger partial charge is 0.467 e. The summed E-state index contributed by atoms with van der Waals surface area (Å²) in [5.41, 5.74) is 2.84. The lowest BCUT2D eigenvalue weighted by atomic mass is 10.1. The van der Waals surface area contributed by atoms with E-state index in [0.717, 1.165) is 16.5 Å². The number of fused-ring (bicyclic) bond motifs is 1. The van der Waals surface area contributed by atoms with Crippen molar-refractivity contribution < 1.29 is 9.21 Å². The number of aromatic amines is 1. The van der Waals surface area contributed by atoms with E-state index >= 15 is 0 Å². The zero-order chi connectivity index (χ0) is 20.2. The number of nitrogens with zero attached hydrogens (tertiary/aromatic N) is 1. The van der Waals surface area contributed by atoms with Crippen molar-refractivity contribution in [2.75, 3.05) is 5.32 Å². The van der Waals surface area contributed by atoms with E-state index in [4.69, 9.17) is 4.42 Å². The van der Waals surface area contributed by atoms with Crippen LogP contribution in [0.5, 0.6) is 0 Å². The second kappa shape index (κ2) is 8.06. The predicted octanol–water partition coefficient (Wildman–Crippen LogP) is 4.66. The van der Waals surface area contributed by atoms with Crippen LogP contribution < -0.4 is 10.9 Å². The molecule has 2 N–H and O–H groups in total. The minimum atomic E-state index is -0.309. The maximum atomic E-state index is 12.9. The van der Waals surface area contributed by atoms with Gasteiger partial charge in [-0.1, -0.05) is 30.3 Å². The summed E-state index contributed by atoms with van der Waals surface area (Å²) in [5.74, 6) is 0.640. The lowest BCUT2D eigenvalue weighted by Crippen LogP contribution is -2.35. The number of pyridine rings is 1. The molecule has 0 bridgehead atoms. The van der Waals surface area contributed by atoms with Crippen molar-refractivity contribution >= 4 is 22.6 Å². The first-order valence-corrected chi connectivity index (χ1v) is 9.34. The first-order valence-electron chi connectivity index (χ1n) is 9.34. The minimum absolute atomic E-state index is 0.151. The molecule has 0 atom stereocenters. The minimum Gasteiger partial charge on any atom is -0.467 e. The second-order valence-corrected chi connectivity index (χ2v) is 6.95. The van der Waals surface area contributed by atoms with Crippen LogP contribution in [0.2, 0.25) is 0 Å². The number of furan rings is 1. The molecule has 0 saturated carbocycles. The molecule has 4 aromatic rings. The molecule has 0 fully saturated rings. The number of benzene rings is 2. The lowest BCUT2D eigenvalue weighted by Gasteiger charge is -2.22. The lowest BCUT2D eigenvalue weighted by molar-refractivity contribution is 0.201. The molecule has 2 aromatic heterocycles. The van der Waals surface area contributed by atoms with Crippen LogP contribution in [0.15, 0.2) is 82.2 Å². The Kier molecular flexibility index (Phi) is 5.16. The molecule has 2 aromatic carbocycles. The number of aromatic nitrogens is 1. The maximum absolute atomic E-state index is 12.9. The molecule has 6 nitrogen and oxygen atoms in total. The van der Waals surface area contributed by atoms with E-state index in [0.29, 0.717) is 17.0 Å². The standard InChI is InChI=1S/C23H21N3O3/c1-16-9-10-17-13-18(22(27)25-21(17)12-16)14-26(15-20-8-5-11-29-20)23(28)24-19-6-3-2-4-7-19/h2-13H,14-15H2,1H3,(H,24,28)(H,25,27). The number of hydrogen-bond donors (Lipinski definition) is 2. The van der Waals surface area contributed by atoms with Crippen LogP contribution in [0, 0.1) is 6.92 Å². The van der Waals surface area contributed by atoms with Crippen LogP contribution in [-0.4, -0.2) is 15.9 Å². The Morgan fingerprint density at radius 2 is 1.86 bits per heavy atom. The number of amides is 2. The fraction of sp³-hybridized carbons (Fsp3) is 0.130. The highest BCUT2D eigenvalue weighted by Gasteiger charge is 2.18. The van der Waals surface area contributed by atoms with Gasteiger partial charge in [-0.2, -0.15) is 0 Å². The summed E-state index contributed by atoms with van der Waals surface area (Å²) >= 11 is 0. The number of hydrogen-bond acceptors (Lipinski definition) is 3. The Labute approximate surface area is 167 Å².